The van der Waals surface area contributed by atoms with Crippen molar-refractivity contribution in [1.82, 2.24) is 4.90 Å². The second-order valence-corrected chi connectivity index (χ2v) is 6.06. The molecule has 23 heavy (non-hydrogen) atoms. The van der Waals surface area contributed by atoms with E-state index < -0.39 is 11.4 Å². The van der Waals surface area contributed by atoms with Crippen molar-refractivity contribution in [2.24, 2.45) is 5.41 Å². The van der Waals surface area contributed by atoms with Crippen molar-refractivity contribution in [2.45, 2.75) is 33.2 Å². The van der Waals surface area contributed by atoms with Gasteiger partial charge in [-0.05, 0) is 25.8 Å². The van der Waals surface area contributed by atoms with E-state index in [1.807, 2.05) is 35.2 Å². The smallest absolute Gasteiger partial charge is 0.321 e. The minimum atomic E-state index is -1.20. The Balaban J connectivity index is 2.15. The molecule has 1 saturated heterocycles. The topological polar surface area (TPSA) is 63.7 Å². The summed E-state index contributed by atoms with van der Waals surface area (Å²) in [7, 11) is 0. The summed E-state index contributed by atoms with van der Waals surface area (Å²) in [5.41, 5.74) is -0.109. The first-order chi connectivity index (χ1) is 11.0. The van der Waals surface area contributed by atoms with E-state index in [1.165, 1.54) is 6.92 Å². The molecule has 0 spiro atoms. The minimum absolute atomic E-state index is 0.0250. The van der Waals surface area contributed by atoms with Crippen LogP contribution in [0.3, 0.4) is 0 Å². The Labute approximate surface area is 136 Å². The quantitative estimate of drug-likeness (QED) is 0.568. The van der Waals surface area contributed by atoms with Crippen molar-refractivity contribution in [1.29, 1.82) is 0 Å². The lowest BCUT2D eigenvalue weighted by molar-refractivity contribution is -0.158. The van der Waals surface area contributed by atoms with Crippen molar-refractivity contribution in [3.8, 4) is 0 Å². The third kappa shape index (κ3) is 4.05. The summed E-state index contributed by atoms with van der Waals surface area (Å²) in [5.74, 6) is -0.669. The van der Waals surface area contributed by atoms with Crippen molar-refractivity contribution in [3.63, 3.8) is 0 Å². The van der Waals surface area contributed by atoms with Crippen LogP contribution < -0.4 is 0 Å². The average molecular weight is 317 g/mol. The Morgan fingerprint density at radius 1 is 1.26 bits per heavy atom. The fourth-order valence-corrected chi connectivity index (χ4v) is 2.99. The number of rotatable bonds is 7. The van der Waals surface area contributed by atoms with Crippen LogP contribution in [0.2, 0.25) is 0 Å². The average Bonchev–Trinajstić information content (AvgIpc) is 2.83. The second-order valence-electron chi connectivity index (χ2n) is 6.06. The summed E-state index contributed by atoms with van der Waals surface area (Å²) in [6, 6.07) is 9.81. The largest absolute Gasteiger partial charge is 0.465 e. The van der Waals surface area contributed by atoms with Gasteiger partial charge in [-0.2, -0.15) is 0 Å². The maximum atomic E-state index is 12.6. The van der Waals surface area contributed by atoms with Crippen molar-refractivity contribution in [2.75, 3.05) is 19.7 Å². The van der Waals surface area contributed by atoms with E-state index in [-0.39, 0.29) is 37.6 Å². The predicted octanol–water partition coefficient (Wildman–Crippen LogP) is 1.99. The highest BCUT2D eigenvalue weighted by atomic mass is 16.5. The first kappa shape index (κ1) is 17.3. The molecule has 1 aromatic rings. The van der Waals surface area contributed by atoms with E-state index in [2.05, 4.69) is 0 Å². The monoisotopic (exact) mass is 317 g/mol. The summed E-state index contributed by atoms with van der Waals surface area (Å²) in [6.45, 7) is 4.55. The number of ether oxygens (including phenoxy) is 1. The highest BCUT2D eigenvalue weighted by molar-refractivity contribution is 6.06. The van der Waals surface area contributed by atoms with Gasteiger partial charge in [0.2, 0.25) is 0 Å². The lowest BCUT2D eigenvalue weighted by Gasteiger charge is -2.25. The number of carbonyl (C=O) groups is 3. The van der Waals surface area contributed by atoms with Gasteiger partial charge in [-0.1, -0.05) is 30.3 Å². The maximum absolute atomic E-state index is 12.6. The number of Topliss-reactive ketones (excluding diaryl/α,β-unsaturated/α-hetero) is 2. The molecule has 0 N–H and O–H groups in total. The van der Waals surface area contributed by atoms with E-state index in [4.69, 9.17) is 4.74 Å². The van der Waals surface area contributed by atoms with Crippen LogP contribution in [0.25, 0.3) is 0 Å². The third-order valence-corrected chi connectivity index (χ3v) is 4.21. The first-order valence-electron chi connectivity index (χ1n) is 7.94. The van der Waals surface area contributed by atoms with Gasteiger partial charge < -0.3 is 9.53 Å². The van der Waals surface area contributed by atoms with E-state index in [0.29, 0.717) is 13.1 Å². The summed E-state index contributed by atoms with van der Waals surface area (Å²) in [5, 5.41) is 0. The van der Waals surface area contributed by atoms with Crippen LogP contribution in [0.5, 0.6) is 0 Å². The van der Waals surface area contributed by atoms with Crippen LogP contribution in [0.15, 0.2) is 30.3 Å². The van der Waals surface area contributed by atoms with E-state index in [1.54, 1.807) is 6.92 Å². The molecule has 0 aromatic heterocycles. The molecule has 0 radical (unpaired) electrons. The highest BCUT2D eigenvalue weighted by Gasteiger charge is 2.52. The van der Waals surface area contributed by atoms with Gasteiger partial charge in [-0.15, -0.1) is 0 Å². The molecular formula is C18H23NO4. The number of benzene rings is 1. The van der Waals surface area contributed by atoms with Crippen LogP contribution >= 0.6 is 0 Å². The molecule has 0 aliphatic carbocycles. The molecular weight excluding hydrogens is 294 g/mol. The lowest BCUT2D eigenvalue weighted by Crippen LogP contribution is -2.41. The molecule has 0 amide bonds. The number of carbonyl (C=O) groups excluding carboxylic acids is 3. The summed E-state index contributed by atoms with van der Waals surface area (Å²) >= 11 is 0. The van der Waals surface area contributed by atoms with Gasteiger partial charge in [0.25, 0.3) is 0 Å². The highest BCUT2D eigenvalue weighted by Crippen LogP contribution is 2.34. The predicted molar refractivity (Wildman–Crippen MR) is 85.7 cm³/mol. The van der Waals surface area contributed by atoms with Gasteiger partial charge in [0.05, 0.1) is 13.2 Å². The molecule has 5 nitrogen and oxygen atoms in total. The standard InChI is InChI=1S/C18H23NO4/c1-3-23-17(22)18(10-9-14(2)20)13-19(12-16(18)21)11-15-7-5-4-6-8-15/h4-8H,3,9-13H2,1-2H3. The molecule has 5 heteroatoms. The van der Waals surface area contributed by atoms with Crippen molar-refractivity contribution in [3.05, 3.63) is 35.9 Å². The number of ketones is 2. The lowest BCUT2D eigenvalue weighted by atomic mass is 9.81. The van der Waals surface area contributed by atoms with E-state index in [0.717, 1.165) is 5.56 Å². The fourth-order valence-electron chi connectivity index (χ4n) is 2.99. The zero-order valence-corrected chi connectivity index (χ0v) is 13.7. The Hall–Kier alpha value is -2.01. The van der Waals surface area contributed by atoms with Gasteiger partial charge in [0, 0.05) is 19.5 Å². The Morgan fingerprint density at radius 3 is 2.57 bits per heavy atom. The first-order valence-corrected chi connectivity index (χ1v) is 7.94. The molecule has 0 saturated carbocycles. The van der Waals surface area contributed by atoms with Gasteiger partial charge in [-0.3, -0.25) is 14.5 Å². The van der Waals surface area contributed by atoms with Crippen molar-refractivity contribution >= 4 is 17.5 Å². The van der Waals surface area contributed by atoms with Gasteiger partial charge in [0.15, 0.2) is 5.78 Å². The Morgan fingerprint density at radius 2 is 1.96 bits per heavy atom. The molecule has 1 aliphatic heterocycles. The van der Waals surface area contributed by atoms with Crippen LogP contribution in [0, 0.1) is 5.41 Å². The van der Waals surface area contributed by atoms with Crippen LogP contribution in [0.4, 0.5) is 0 Å². The van der Waals surface area contributed by atoms with E-state index in [9.17, 15) is 14.4 Å². The molecule has 124 valence electrons. The number of likely N-dealkylation sites (tertiary alicyclic amines) is 1. The second kappa shape index (κ2) is 7.51. The normalized spacial score (nSPS) is 21.4. The number of esters is 1. The number of hydrogen-bond acceptors (Lipinski definition) is 5. The minimum Gasteiger partial charge on any atom is -0.465 e. The molecule has 1 aliphatic rings. The molecule has 1 fully saturated rings. The molecule has 1 unspecified atom stereocenters. The fraction of sp³-hybridized carbons (Fsp3) is 0.500. The zero-order valence-electron chi connectivity index (χ0n) is 13.7. The van der Waals surface area contributed by atoms with Gasteiger partial charge >= 0.3 is 5.97 Å². The van der Waals surface area contributed by atoms with Crippen LogP contribution in [0.1, 0.15) is 32.3 Å². The van der Waals surface area contributed by atoms with E-state index >= 15 is 0 Å². The summed E-state index contributed by atoms with van der Waals surface area (Å²) in [6.07, 6.45) is 0.440. The zero-order chi connectivity index (χ0) is 16.9. The Kier molecular flexibility index (Phi) is 5.66. The summed E-state index contributed by atoms with van der Waals surface area (Å²) in [4.78, 5) is 38.3. The molecule has 1 atom stereocenters. The SMILES string of the molecule is CCOC(=O)C1(CCC(C)=O)CN(Cc2ccccc2)CC1=O. The third-order valence-electron chi connectivity index (χ3n) is 4.21. The summed E-state index contributed by atoms with van der Waals surface area (Å²) < 4.78 is 5.13. The number of hydrogen-bond donors (Lipinski definition) is 0. The van der Waals surface area contributed by atoms with Gasteiger partial charge in [0.1, 0.15) is 11.2 Å². The van der Waals surface area contributed by atoms with Crippen molar-refractivity contribution < 1.29 is 19.1 Å². The molecule has 1 heterocycles. The molecule has 0 bridgehead atoms. The van der Waals surface area contributed by atoms with Crippen LogP contribution in [-0.4, -0.2) is 42.1 Å². The Bertz CT molecular complexity index is 584. The molecule has 2 rings (SSSR count). The van der Waals surface area contributed by atoms with Gasteiger partial charge in [-0.25, -0.2) is 0 Å². The number of nitrogens with zero attached hydrogens (tertiary/aromatic N) is 1. The maximum Gasteiger partial charge on any atom is 0.321 e. The van der Waals surface area contributed by atoms with Crippen LogP contribution in [-0.2, 0) is 25.7 Å². The molecule has 1 aromatic carbocycles.